The van der Waals surface area contributed by atoms with Crippen molar-refractivity contribution >= 4 is 44.4 Å². The van der Waals surface area contributed by atoms with Crippen LogP contribution in [0.2, 0.25) is 0 Å². The zero-order valence-electron chi connectivity index (χ0n) is 16.8. The third-order valence-electron chi connectivity index (χ3n) is 4.71. The molecule has 0 aliphatic heterocycles. The van der Waals surface area contributed by atoms with Crippen LogP contribution in [0.1, 0.15) is 6.92 Å². The van der Waals surface area contributed by atoms with Gasteiger partial charge in [0.25, 0.3) is 0 Å². The number of nitrogens with zero attached hydrogens (tertiary/aromatic N) is 4. The number of rotatable bonds is 4. The lowest BCUT2D eigenvalue weighted by Crippen LogP contribution is -2.09. The predicted molar refractivity (Wildman–Crippen MR) is 125 cm³/mol. The Kier molecular flexibility index (Phi) is 5.46. The van der Waals surface area contributed by atoms with E-state index in [0.717, 1.165) is 32.5 Å². The number of amides is 1. The number of fused-ring (bicyclic) bond motifs is 1. The quantitative estimate of drug-likeness (QED) is 0.455. The first kappa shape index (κ1) is 20.0. The summed E-state index contributed by atoms with van der Waals surface area (Å²) in [6.07, 6.45) is 1.42. The predicted octanol–water partition coefficient (Wildman–Crippen LogP) is 5.15. The number of anilines is 2. The maximum absolute atomic E-state index is 11.7. The van der Waals surface area contributed by atoms with Crippen LogP contribution in [0.15, 0.2) is 65.4 Å². The molecule has 2 aromatic carbocycles. The Balaban J connectivity index is 1.97. The minimum Gasteiger partial charge on any atom is -0.378 e. The normalized spacial score (nSPS) is 10.8. The van der Waals surface area contributed by atoms with Gasteiger partial charge >= 0.3 is 0 Å². The molecule has 0 saturated carbocycles. The van der Waals surface area contributed by atoms with Crippen molar-refractivity contribution in [3.8, 4) is 22.4 Å². The highest BCUT2D eigenvalue weighted by molar-refractivity contribution is 9.10. The molecule has 4 rings (SSSR count). The van der Waals surface area contributed by atoms with Crippen LogP contribution in [0.5, 0.6) is 0 Å². The summed E-state index contributed by atoms with van der Waals surface area (Å²) in [5, 5.41) is 3.51. The first-order valence-electron chi connectivity index (χ1n) is 9.39. The monoisotopic (exact) mass is 461 g/mol. The van der Waals surface area contributed by atoms with Crippen LogP contribution >= 0.6 is 15.9 Å². The lowest BCUT2D eigenvalue weighted by Gasteiger charge is -2.15. The highest BCUT2D eigenvalue weighted by Gasteiger charge is 2.16. The summed E-state index contributed by atoms with van der Waals surface area (Å²) in [6.45, 7) is 1.46. The molecule has 6 nitrogen and oxygen atoms in total. The van der Waals surface area contributed by atoms with E-state index in [2.05, 4.69) is 48.2 Å². The number of halogens is 1. The maximum atomic E-state index is 11.7. The van der Waals surface area contributed by atoms with Crippen molar-refractivity contribution in [2.45, 2.75) is 6.92 Å². The van der Waals surface area contributed by atoms with Crippen LogP contribution in [-0.2, 0) is 4.79 Å². The average Bonchev–Trinajstić information content (AvgIpc) is 2.73. The van der Waals surface area contributed by atoms with Crippen molar-refractivity contribution in [3.05, 3.63) is 65.4 Å². The van der Waals surface area contributed by atoms with Crippen molar-refractivity contribution in [1.29, 1.82) is 0 Å². The fourth-order valence-electron chi connectivity index (χ4n) is 3.29. The van der Waals surface area contributed by atoms with Crippen LogP contribution in [0, 0.1) is 0 Å². The molecule has 0 spiro atoms. The van der Waals surface area contributed by atoms with Crippen LogP contribution in [-0.4, -0.2) is 35.0 Å². The number of carbonyl (C=O) groups is 1. The van der Waals surface area contributed by atoms with Crippen molar-refractivity contribution in [1.82, 2.24) is 15.0 Å². The second-order valence-electron chi connectivity index (χ2n) is 7.11. The number of benzene rings is 2. The first-order chi connectivity index (χ1) is 14.4. The lowest BCUT2D eigenvalue weighted by atomic mass is 9.99. The molecular formula is C23H20BrN5O. The lowest BCUT2D eigenvalue weighted by molar-refractivity contribution is -0.114. The van der Waals surface area contributed by atoms with E-state index in [1.807, 2.05) is 56.6 Å². The molecule has 7 heteroatoms. The van der Waals surface area contributed by atoms with Crippen molar-refractivity contribution < 1.29 is 4.79 Å². The van der Waals surface area contributed by atoms with Crippen LogP contribution in [0.25, 0.3) is 33.4 Å². The van der Waals surface area contributed by atoms with Gasteiger partial charge in [0.15, 0.2) is 5.65 Å². The molecule has 4 aromatic rings. The Hall–Kier alpha value is -3.32. The SMILES string of the molecule is CC(=O)Nc1ncnc2nc(-c3ccc(N(C)C)cc3)cc(-c3cccc(Br)c3)c12. The summed E-state index contributed by atoms with van der Waals surface area (Å²) >= 11 is 3.55. The van der Waals surface area contributed by atoms with Crippen molar-refractivity contribution in [3.63, 3.8) is 0 Å². The molecule has 0 aliphatic rings. The van der Waals surface area contributed by atoms with Gasteiger partial charge in [-0.1, -0.05) is 40.2 Å². The summed E-state index contributed by atoms with van der Waals surface area (Å²) in [7, 11) is 4.02. The molecule has 0 saturated heterocycles. The minimum atomic E-state index is -0.196. The number of hydrogen-bond acceptors (Lipinski definition) is 5. The topological polar surface area (TPSA) is 71.0 Å². The van der Waals surface area contributed by atoms with Crippen molar-refractivity contribution in [2.24, 2.45) is 0 Å². The first-order valence-corrected chi connectivity index (χ1v) is 10.2. The summed E-state index contributed by atoms with van der Waals surface area (Å²) < 4.78 is 0.958. The molecule has 0 atom stereocenters. The van der Waals surface area contributed by atoms with E-state index in [1.165, 1.54) is 13.3 Å². The van der Waals surface area contributed by atoms with E-state index in [1.54, 1.807) is 0 Å². The number of pyridine rings is 1. The van der Waals surface area contributed by atoms with Gasteiger partial charge in [0.1, 0.15) is 12.1 Å². The van der Waals surface area contributed by atoms with Gasteiger partial charge in [-0.25, -0.2) is 15.0 Å². The van der Waals surface area contributed by atoms with Gasteiger partial charge in [-0.15, -0.1) is 0 Å². The minimum absolute atomic E-state index is 0.196. The van der Waals surface area contributed by atoms with E-state index in [0.29, 0.717) is 16.9 Å². The molecule has 2 aromatic heterocycles. The highest BCUT2D eigenvalue weighted by atomic mass is 79.9. The fraction of sp³-hybridized carbons (Fsp3) is 0.130. The fourth-order valence-corrected chi connectivity index (χ4v) is 3.69. The zero-order chi connectivity index (χ0) is 21.3. The molecule has 0 unspecified atom stereocenters. The van der Waals surface area contributed by atoms with E-state index >= 15 is 0 Å². The number of aromatic nitrogens is 3. The zero-order valence-corrected chi connectivity index (χ0v) is 18.4. The molecule has 0 radical (unpaired) electrons. The standard InChI is InChI=1S/C23H20BrN5O/c1-14(30)27-22-21-19(16-5-4-6-17(24)11-16)12-20(28-23(21)26-13-25-22)15-7-9-18(10-8-15)29(2)3/h4-13H,1-3H3,(H,25,26,27,28,30). The molecule has 0 aliphatic carbocycles. The van der Waals surface area contributed by atoms with Crippen molar-refractivity contribution in [2.75, 3.05) is 24.3 Å². The van der Waals surface area contributed by atoms with Gasteiger partial charge in [0.2, 0.25) is 5.91 Å². The van der Waals surface area contributed by atoms with Gasteiger partial charge in [-0.2, -0.15) is 0 Å². The molecule has 0 bridgehead atoms. The second-order valence-corrected chi connectivity index (χ2v) is 8.02. The third-order valence-corrected chi connectivity index (χ3v) is 5.21. The van der Waals surface area contributed by atoms with Crippen LogP contribution < -0.4 is 10.2 Å². The smallest absolute Gasteiger partial charge is 0.222 e. The van der Waals surface area contributed by atoms with Gasteiger partial charge in [-0.3, -0.25) is 4.79 Å². The molecular weight excluding hydrogens is 442 g/mol. The molecule has 0 fully saturated rings. The largest absolute Gasteiger partial charge is 0.378 e. The van der Waals surface area contributed by atoms with Gasteiger partial charge < -0.3 is 10.2 Å². The molecule has 2 heterocycles. The van der Waals surface area contributed by atoms with Crippen LogP contribution in [0.3, 0.4) is 0 Å². The van der Waals surface area contributed by atoms with Crippen LogP contribution in [0.4, 0.5) is 11.5 Å². The molecule has 30 heavy (non-hydrogen) atoms. The van der Waals surface area contributed by atoms with E-state index in [4.69, 9.17) is 4.98 Å². The molecule has 1 amide bonds. The van der Waals surface area contributed by atoms with E-state index in [9.17, 15) is 4.79 Å². The summed E-state index contributed by atoms with van der Waals surface area (Å²) in [5.41, 5.74) is 5.30. The number of hydrogen-bond donors (Lipinski definition) is 1. The Morgan fingerprint density at radius 1 is 1.00 bits per heavy atom. The van der Waals surface area contributed by atoms with E-state index in [-0.39, 0.29) is 5.91 Å². The molecule has 1 N–H and O–H groups in total. The van der Waals surface area contributed by atoms with Gasteiger partial charge in [0.05, 0.1) is 11.1 Å². The summed E-state index contributed by atoms with van der Waals surface area (Å²) in [6, 6.07) is 18.2. The Morgan fingerprint density at radius 2 is 1.77 bits per heavy atom. The Morgan fingerprint density at radius 3 is 2.43 bits per heavy atom. The third kappa shape index (κ3) is 4.02. The summed E-state index contributed by atoms with van der Waals surface area (Å²) in [5.74, 6) is 0.253. The highest BCUT2D eigenvalue weighted by Crippen LogP contribution is 2.35. The number of nitrogens with one attached hydrogen (secondary N) is 1. The van der Waals surface area contributed by atoms with Gasteiger partial charge in [-0.05, 0) is 41.5 Å². The second kappa shape index (κ2) is 8.20. The molecule has 150 valence electrons. The average molecular weight is 462 g/mol. The Labute approximate surface area is 183 Å². The van der Waals surface area contributed by atoms with E-state index < -0.39 is 0 Å². The summed E-state index contributed by atoms with van der Waals surface area (Å²) in [4.78, 5) is 27.2. The Bertz CT molecular complexity index is 1240. The van der Waals surface area contributed by atoms with Gasteiger partial charge in [0, 0.05) is 36.7 Å². The maximum Gasteiger partial charge on any atom is 0.222 e. The number of carbonyl (C=O) groups excluding carboxylic acids is 1.